The summed E-state index contributed by atoms with van der Waals surface area (Å²) in [5, 5.41) is 23.1. The highest BCUT2D eigenvalue weighted by Crippen LogP contribution is 2.17. The van der Waals surface area contributed by atoms with E-state index in [0.717, 1.165) is 44.9 Å². The average molecular weight is 903 g/mol. The number of esters is 1. The van der Waals surface area contributed by atoms with Crippen molar-refractivity contribution in [2.75, 3.05) is 13.2 Å². The smallest absolute Gasteiger partial charge is 0.305 e. The first-order valence-electron chi connectivity index (χ1n) is 28.6. The van der Waals surface area contributed by atoms with Gasteiger partial charge in [0.1, 0.15) is 0 Å². The fourth-order valence-electron chi connectivity index (χ4n) is 8.81. The first-order chi connectivity index (χ1) is 31.5. The van der Waals surface area contributed by atoms with E-state index < -0.39 is 12.1 Å². The number of allylic oxidation sites excluding steroid dienone is 3. The minimum Gasteiger partial charge on any atom is -0.466 e. The van der Waals surface area contributed by atoms with Crippen LogP contribution in [0.4, 0.5) is 0 Å². The number of aliphatic hydroxyl groups excluding tert-OH is 2. The van der Waals surface area contributed by atoms with Gasteiger partial charge in [0.25, 0.3) is 0 Å². The molecule has 0 radical (unpaired) electrons. The first-order valence-corrected chi connectivity index (χ1v) is 28.6. The number of rotatable bonds is 53. The number of ether oxygens (including phenoxy) is 1. The van der Waals surface area contributed by atoms with Gasteiger partial charge >= 0.3 is 5.97 Å². The highest BCUT2D eigenvalue weighted by atomic mass is 16.5. The lowest BCUT2D eigenvalue weighted by Crippen LogP contribution is -2.45. The maximum absolute atomic E-state index is 12.5. The number of amides is 1. The lowest BCUT2D eigenvalue weighted by atomic mass is 10.0. The van der Waals surface area contributed by atoms with Crippen molar-refractivity contribution in [1.82, 2.24) is 5.32 Å². The third kappa shape index (κ3) is 49.8. The van der Waals surface area contributed by atoms with Gasteiger partial charge in [-0.15, -0.1) is 0 Å². The van der Waals surface area contributed by atoms with Gasteiger partial charge in [0.15, 0.2) is 0 Å². The molecular weight excluding hydrogens is 791 g/mol. The zero-order chi connectivity index (χ0) is 46.5. The van der Waals surface area contributed by atoms with Crippen molar-refractivity contribution in [3.05, 3.63) is 24.3 Å². The summed E-state index contributed by atoms with van der Waals surface area (Å²) in [7, 11) is 0. The fraction of sp³-hybridized carbons (Fsp3) is 0.897. The summed E-state index contributed by atoms with van der Waals surface area (Å²) in [5.74, 6) is -0.0770. The summed E-state index contributed by atoms with van der Waals surface area (Å²) in [4.78, 5) is 24.5. The lowest BCUT2D eigenvalue weighted by molar-refractivity contribution is -0.143. The molecule has 2 unspecified atom stereocenters. The molecule has 6 nitrogen and oxygen atoms in total. The molecule has 0 bridgehead atoms. The molecule has 0 saturated carbocycles. The Morgan fingerprint density at radius 2 is 0.734 bits per heavy atom. The fourth-order valence-corrected chi connectivity index (χ4v) is 8.81. The van der Waals surface area contributed by atoms with Gasteiger partial charge in [0.2, 0.25) is 5.91 Å². The molecule has 0 aromatic heterocycles. The standard InChI is InChI=1S/C58H111NO5/c1-3-5-7-9-11-13-15-17-18-19-21-24-27-30-34-38-42-46-50-56(61)55(54-60)59-57(62)51-47-43-39-35-31-28-25-22-20-23-26-29-33-37-41-45-49-53-64-58(63)52-48-44-40-36-32-16-14-12-10-8-6-4-2/h12,14,46,50,55-56,60-61H,3-11,13,15-45,47-49,51-54H2,1-2H3,(H,59,62)/b14-12-,50-46+. The Hall–Kier alpha value is -1.66. The minimum absolute atomic E-state index is 0.00548. The van der Waals surface area contributed by atoms with Crippen LogP contribution >= 0.6 is 0 Å². The Bertz CT molecular complexity index is 997. The molecule has 0 aromatic carbocycles. The Morgan fingerprint density at radius 3 is 1.14 bits per heavy atom. The van der Waals surface area contributed by atoms with Crippen LogP contribution in [0.25, 0.3) is 0 Å². The van der Waals surface area contributed by atoms with Gasteiger partial charge in [-0.3, -0.25) is 9.59 Å². The van der Waals surface area contributed by atoms with E-state index in [1.807, 2.05) is 6.08 Å². The van der Waals surface area contributed by atoms with E-state index in [1.54, 1.807) is 6.08 Å². The number of hydrogen-bond donors (Lipinski definition) is 3. The topological polar surface area (TPSA) is 95.9 Å². The molecule has 6 heteroatoms. The average Bonchev–Trinajstić information content (AvgIpc) is 3.29. The number of carbonyl (C=O) groups is 2. The number of hydrogen-bond acceptors (Lipinski definition) is 5. The van der Waals surface area contributed by atoms with Crippen LogP contribution in [-0.2, 0) is 14.3 Å². The zero-order valence-electron chi connectivity index (χ0n) is 43.0. The van der Waals surface area contributed by atoms with Crippen LogP contribution in [0.2, 0.25) is 0 Å². The van der Waals surface area contributed by atoms with Crippen molar-refractivity contribution in [2.45, 2.75) is 321 Å². The Labute approximate surface area is 399 Å². The van der Waals surface area contributed by atoms with E-state index >= 15 is 0 Å². The van der Waals surface area contributed by atoms with Gasteiger partial charge in [-0.05, 0) is 57.8 Å². The molecule has 0 aromatic rings. The van der Waals surface area contributed by atoms with Gasteiger partial charge in [0.05, 0.1) is 25.4 Å². The van der Waals surface area contributed by atoms with Crippen LogP contribution in [0.15, 0.2) is 24.3 Å². The summed E-state index contributed by atoms with van der Waals surface area (Å²) in [6, 6.07) is -0.632. The predicted molar refractivity (Wildman–Crippen MR) is 278 cm³/mol. The maximum atomic E-state index is 12.5. The molecule has 0 fully saturated rings. The predicted octanol–water partition coefficient (Wildman–Crippen LogP) is 17.5. The summed E-state index contributed by atoms with van der Waals surface area (Å²) >= 11 is 0. The SMILES string of the molecule is CCCCC/C=C\CCCCCCCC(=O)OCCCCCCCCCCCCCCCCCCCC(=O)NC(CO)C(O)/C=C/CCCCCCCCCCCCCCCCCC. The second-order valence-corrected chi connectivity index (χ2v) is 19.6. The molecular formula is C58H111NO5. The Balaban J connectivity index is 3.46. The number of unbranched alkanes of at least 4 members (excludes halogenated alkanes) is 40. The molecule has 0 rings (SSSR count). The molecule has 0 aliphatic carbocycles. The van der Waals surface area contributed by atoms with E-state index in [9.17, 15) is 19.8 Å². The number of nitrogens with one attached hydrogen (secondary N) is 1. The quantitative estimate of drug-likeness (QED) is 0.0321. The van der Waals surface area contributed by atoms with Crippen molar-refractivity contribution in [3.63, 3.8) is 0 Å². The molecule has 0 aliphatic rings. The molecule has 1 amide bonds. The van der Waals surface area contributed by atoms with Crippen molar-refractivity contribution in [1.29, 1.82) is 0 Å². The van der Waals surface area contributed by atoms with E-state index in [4.69, 9.17) is 4.74 Å². The van der Waals surface area contributed by atoms with Crippen molar-refractivity contribution in [2.24, 2.45) is 0 Å². The molecule has 0 spiro atoms. The molecule has 3 N–H and O–H groups in total. The monoisotopic (exact) mass is 902 g/mol. The maximum Gasteiger partial charge on any atom is 0.305 e. The van der Waals surface area contributed by atoms with Crippen LogP contribution < -0.4 is 5.32 Å². The van der Waals surface area contributed by atoms with Gasteiger partial charge in [0, 0.05) is 12.8 Å². The van der Waals surface area contributed by atoms with E-state index in [1.165, 1.54) is 238 Å². The summed E-state index contributed by atoms with van der Waals surface area (Å²) in [5.41, 5.74) is 0. The zero-order valence-corrected chi connectivity index (χ0v) is 43.0. The van der Waals surface area contributed by atoms with Crippen LogP contribution in [0, 0.1) is 0 Å². The normalized spacial score (nSPS) is 12.8. The summed E-state index contributed by atoms with van der Waals surface area (Å²) in [6.45, 7) is 4.88. The largest absolute Gasteiger partial charge is 0.466 e. The molecule has 0 saturated heterocycles. The van der Waals surface area contributed by atoms with Crippen LogP contribution in [0.3, 0.4) is 0 Å². The van der Waals surface area contributed by atoms with Crippen molar-refractivity contribution < 1.29 is 24.5 Å². The van der Waals surface area contributed by atoms with Gasteiger partial charge in [-0.25, -0.2) is 0 Å². The Kier molecular flexibility index (Phi) is 52.6. The van der Waals surface area contributed by atoms with Crippen molar-refractivity contribution >= 4 is 11.9 Å². The molecule has 64 heavy (non-hydrogen) atoms. The number of aliphatic hydroxyl groups is 2. The molecule has 2 atom stereocenters. The highest BCUT2D eigenvalue weighted by Gasteiger charge is 2.18. The van der Waals surface area contributed by atoms with Gasteiger partial charge < -0.3 is 20.3 Å². The molecule has 378 valence electrons. The summed E-state index contributed by atoms with van der Waals surface area (Å²) in [6.07, 6.45) is 64.8. The summed E-state index contributed by atoms with van der Waals surface area (Å²) < 4.78 is 5.46. The third-order valence-electron chi connectivity index (χ3n) is 13.2. The van der Waals surface area contributed by atoms with Gasteiger partial charge in [-0.1, -0.05) is 263 Å². The van der Waals surface area contributed by atoms with Crippen LogP contribution in [0.5, 0.6) is 0 Å². The van der Waals surface area contributed by atoms with E-state index in [2.05, 4.69) is 31.3 Å². The third-order valence-corrected chi connectivity index (χ3v) is 13.2. The number of carbonyl (C=O) groups excluding carboxylic acids is 2. The highest BCUT2D eigenvalue weighted by molar-refractivity contribution is 5.76. The van der Waals surface area contributed by atoms with E-state index in [0.29, 0.717) is 19.4 Å². The molecule has 0 heterocycles. The van der Waals surface area contributed by atoms with Crippen LogP contribution in [-0.4, -0.2) is 47.4 Å². The minimum atomic E-state index is -0.848. The first kappa shape index (κ1) is 62.3. The van der Waals surface area contributed by atoms with Crippen LogP contribution in [0.1, 0.15) is 309 Å². The van der Waals surface area contributed by atoms with Crippen molar-refractivity contribution in [3.8, 4) is 0 Å². The lowest BCUT2D eigenvalue weighted by Gasteiger charge is -2.20. The van der Waals surface area contributed by atoms with Gasteiger partial charge in [-0.2, -0.15) is 0 Å². The molecule has 0 aliphatic heterocycles. The second-order valence-electron chi connectivity index (χ2n) is 19.6. The van der Waals surface area contributed by atoms with E-state index in [-0.39, 0.29) is 18.5 Å². The Morgan fingerprint density at radius 1 is 0.422 bits per heavy atom. The second kappa shape index (κ2) is 54.0.